The highest BCUT2D eigenvalue weighted by Crippen LogP contribution is 2.27. The first-order valence-corrected chi connectivity index (χ1v) is 9.45. The Morgan fingerprint density at radius 2 is 1.52 bits per heavy atom. The van der Waals surface area contributed by atoms with Crippen LogP contribution in [0.1, 0.15) is 32.7 Å². The Labute approximate surface area is 168 Å². The number of hydrazone groups is 1. The third-order valence-electron chi connectivity index (χ3n) is 4.97. The standard InChI is InChI=1S/C24H20N2O3/c27-21-14-8-7-13-20(21)24(29)26-16-19(15-22(28)17-9-3-1-4-10-17)23(25-26)18-11-5-2-6-12-18/h1-14,19,27H,15-16H2. The fourth-order valence-electron chi connectivity index (χ4n) is 3.50. The average molecular weight is 384 g/mol. The van der Waals surface area contributed by atoms with Crippen LogP contribution >= 0.6 is 0 Å². The van der Waals surface area contributed by atoms with Crippen LogP contribution in [0.5, 0.6) is 5.75 Å². The minimum absolute atomic E-state index is 0.0103. The molecule has 1 aliphatic rings. The van der Waals surface area contributed by atoms with E-state index in [1.165, 1.54) is 11.1 Å². The van der Waals surface area contributed by atoms with Crippen LogP contribution in [0.15, 0.2) is 90.0 Å². The minimum atomic E-state index is -0.383. The highest BCUT2D eigenvalue weighted by atomic mass is 16.3. The third kappa shape index (κ3) is 3.94. The van der Waals surface area contributed by atoms with Gasteiger partial charge in [-0.15, -0.1) is 0 Å². The summed E-state index contributed by atoms with van der Waals surface area (Å²) in [5.41, 5.74) is 2.42. The fraction of sp³-hybridized carbons (Fsp3) is 0.125. The maximum absolute atomic E-state index is 12.9. The second-order valence-corrected chi connectivity index (χ2v) is 6.95. The molecular formula is C24H20N2O3. The second kappa shape index (κ2) is 8.10. The van der Waals surface area contributed by atoms with E-state index >= 15 is 0 Å². The number of para-hydroxylation sites is 1. The molecule has 1 atom stereocenters. The van der Waals surface area contributed by atoms with Gasteiger partial charge in [0, 0.05) is 17.9 Å². The second-order valence-electron chi connectivity index (χ2n) is 6.95. The Hall–Kier alpha value is -3.73. The number of hydrogen-bond acceptors (Lipinski definition) is 4. The molecule has 1 amide bonds. The Bertz CT molecular complexity index is 1060. The summed E-state index contributed by atoms with van der Waals surface area (Å²) in [6.45, 7) is 0.288. The van der Waals surface area contributed by atoms with Crippen molar-refractivity contribution in [1.29, 1.82) is 0 Å². The van der Waals surface area contributed by atoms with Crippen LogP contribution in [0.2, 0.25) is 0 Å². The fourth-order valence-corrected chi connectivity index (χ4v) is 3.50. The smallest absolute Gasteiger partial charge is 0.277 e. The Balaban J connectivity index is 1.63. The summed E-state index contributed by atoms with van der Waals surface area (Å²) in [4.78, 5) is 25.7. The number of phenols is 1. The summed E-state index contributed by atoms with van der Waals surface area (Å²) in [5, 5.41) is 15.9. The molecule has 0 aromatic heterocycles. The average Bonchev–Trinajstić information content (AvgIpc) is 3.18. The Kier molecular flexibility index (Phi) is 5.20. The monoisotopic (exact) mass is 384 g/mol. The van der Waals surface area contributed by atoms with E-state index in [2.05, 4.69) is 5.10 Å². The van der Waals surface area contributed by atoms with Crippen molar-refractivity contribution in [1.82, 2.24) is 5.01 Å². The van der Waals surface area contributed by atoms with E-state index < -0.39 is 0 Å². The lowest BCUT2D eigenvalue weighted by atomic mass is 9.91. The topological polar surface area (TPSA) is 70.0 Å². The lowest BCUT2D eigenvalue weighted by Gasteiger charge is -2.15. The molecule has 5 heteroatoms. The molecule has 4 rings (SSSR count). The number of carbonyl (C=O) groups is 2. The number of rotatable bonds is 5. The first-order valence-electron chi connectivity index (χ1n) is 9.45. The molecule has 144 valence electrons. The van der Waals surface area contributed by atoms with Gasteiger partial charge in [-0.25, -0.2) is 5.01 Å². The predicted octanol–water partition coefficient (Wildman–Crippen LogP) is 4.14. The molecule has 0 radical (unpaired) electrons. The summed E-state index contributed by atoms with van der Waals surface area (Å²) in [6, 6.07) is 25.1. The molecule has 1 unspecified atom stereocenters. The number of benzene rings is 3. The summed E-state index contributed by atoms with van der Waals surface area (Å²) in [7, 11) is 0. The van der Waals surface area contributed by atoms with E-state index in [1.54, 1.807) is 30.3 Å². The van der Waals surface area contributed by atoms with Gasteiger partial charge in [0.1, 0.15) is 5.75 Å². The van der Waals surface area contributed by atoms with Gasteiger partial charge < -0.3 is 5.11 Å². The van der Waals surface area contributed by atoms with Gasteiger partial charge in [-0.05, 0) is 17.7 Å². The van der Waals surface area contributed by atoms with E-state index in [0.29, 0.717) is 11.3 Å². The van der Waals surface area contributed by atoms with Crippen LogP contribution in [-0.2, 0) is 0 Å². The van der Waals surface area contributed by atoms with E-state index in [0.717, 1.165) is 5.56 Å². The van der Waals surface area contributed by atoms with Gasteiger partial charge in [0.25, 0.3) is 5.91 Å². The van der Waals surface area contributed by atoms with Gasteiger partial charge >= 0.3 is 0 Å². The number of phenolic OH excluding ortho intramolecular Hbond substituents is 1. The largest absolute Gasteiger partial charge is 0.507 e. The predicted molar refractivity (Wildman–Crippen MR) is 111 cm³/mol. The van der Waals surface area contributed by atoms with Crippen molar-refractivity contribution in [3.63, 3.8) is 0 Å². The number of ketones is 1. The molecule has 0 aliphatic carbocycles. The molecule has 3 aromatic carbocycles. The van der Waals surface area contributed by atoms with Crippen molar-refractivity contribution >= 4 is 17.4 Å². The highest BCUT2D eigenvalue weighted by Gasteiger charge is 2.33. The molecule has 0 fully saturated rings. The van der Waals surface area contributed by atoms with Gasteiger partial charge in [-0.3, -0.25) is 9.59 Å². The SMILES string of the molecule is O=C(CC1CN(C(=O)c2ccccc2O)N=C1c1ccccc1)c1ccccc1. The van der Waals surface area contributed by atoms with E-state index in [-0.39, 0.29) is 41.9 Å². The summed E-state index contributed by atoms with van der Waals surface area (Å²) in [6.07, 6.45) is 0.252. The van der Waals surface area contributed by atoms with Crippen LogP contribution in [-0.4, -0.2) is 34.1 Å². The zero-order valence-corrected chi connectivity index (χ0v) is 15.7. The molecule has 0 bridgehead atoms. The molecule has 5 nitrogen and oxygen atoms in total. The van der Waals surface area contributed by atoms with E-state index in [4.69, 9.17) is 0 Å². The van der Waals surface area contributed by atoms with Gasteiger partial charge in [0.05, 0.1) is 17.8 Å². The van der Waals surface area contributed by atoms with Crippen molar-refractivity contribution in [3.8, 4) is 5.75 Å². The molecular weight excluding hydrogens is 364 g/mol. The maximum Gasteiger partial charge on any atom is 0.277 e. The van der Waals surface area contributed by atoms with Gasteiger partial charge in [-0.2, -0.15) is 5.10 Å². The van der Waals surface area contributed by atoms with Crippen LogP contribution < -0.4 is 0 Å². The van der Waals surface area contributed by atoms with E-state index in [9.17, 15) is 14.7 Å². The molecule has 0 saturated heterocycles. The third-order valence-corrected chi connectivity index (χ3v) is 4.97. The summed E-state index contributed by atoms with van der Waals surface area (Å²) >= 11 is 0. The summed E-state index contributed by atoms with van der Waals surface area (Å²) < 4.78 is 0. The van der Waals surface area contributed by atoms with Crippen molar-refractivity contribution in [2.75, 3.05) is 6.54 Å². The molecule has 1 N–H and O–H groups in total. The first kappa shape index (κ1) is 18.6. The molecule has 1 aliphatic heterocycles. The normalized spacial score (nSPS) is 15.8. The quantitative estimate of drug-likeness (QED) is 0.672. The van der Waals surface area contributed by atoms with Crippen LogP contribution in [0.4, 0.5) is 0 Å². The van der Waals surface area contributed by atoms with Crippen LogP contribution in [0.3, 0.4) is 0 Å². The first-order chi connectivity index (χ1) is 14.1. The number of amides is 1. The minimum Gasteiger partial charge on any atom is -0.507 e. The lowest BCUT2D eigenvalue weighted by molar-refractivity contribution is 0.0757. The van der Waals surface area contributed by atoms with Crippen molar-refractivity contribution in [2.24, 2.45) is 11.0 Å². The number of carbonyl (C=O) groups excluding carboxylic acids is 2. The van der Waals surface area contributed by atoms with Crippen LogP contribution in [0.25, 0.3) is 0 Å². The van der Waals surface area contributed by atoms with Gasteiger partial charge in [-0.1, -0.05) is 72.8 Å². The zero-order chi connectivity index (χ0) is 20.2. The van der Waals surface area contributed by atoms with E-state index in [1.807, 2.05) is 48.5 Å². The van der Waals surface area contributed by atoms with Gasteiger partial charge in [0.15, 0.2) is 5.78 Å². The molecule has 0 spiro atoms. The Morgan fingerprint density at radius 1 is 0.897 bits per heavy atom. The molecule has 29 heavy (non-hydrogen) atoms. The summed E-state index contributed by atoms with van der Waals surface area (Å²) in [5.74, 6) is -0.681. The lowest BCUT2D eigenvalue weighted by Crippen LogP contribution is -2.27. The Morgan fingerprint density at radius 3 is 2.21 bits per heavy atom. The van der Waals surface area contributed by atoms with Crippen molar-refractivity contribution < 1.29 is 14.7 Å². The maximum atomic E-state index is 12.9. The molecule has 3 aromatic rings. The zero-order valence-electron chi connectivity index (χ0n) is 15.7. The van der Waals surface area contributed by atoms with Crippen LogP contribution in [0, 0.1) is 5.92 Å². The van der Waals surface area contributed by atoms with Gasteiger partial charge in [0.2, 0.25) is 0 Å². The van der Waals surface area contributed by atoms with Crippen molar-refractivity contribution in [2.45, 2.75) is 6.42 Å². The number of Topliss-reactive ketones (excluding diaryl/α,β-unsaturated/α-hetero) is 1. The number of hydrogen-bond donors (Lipinski definition) is 1. The molecule has 1 heterocycles. The highest BCUT2D eigenvalue weighted by molar-refractivity contribution is 6.09. The number of aromatic hydroxyl groups is 1. The number of nitrogens with zero attached hydrogens (tertiary/aromatic N) is 2. The molecule has 0 saturated carbocycles. The van der Waals surface area contributed by atoms with Crippen molar-refractivity contribution in [3.05, 3.63) is 102 Å².